The van der Waals surface area contributed by atoms with Crippen LogP contribution in [0.25, 0.3) is 0 Å². The molecule has 0 aliphatic carbocycles. The summed E-state index contributed by atoms with van der Waals surface area (Å²) in [5.74, 6) is -6.88. The van der Waals surface area contributed by atoms with Crippen molar-refractivity contribution < 1.29 is 43.7 Å². The van der Waals surface area contributed by atoms with E-state index < -0.39 is 35.7 Å². The van der Waals surface area contributed by atoms with Crippen molar-refractivity contribution >= 4 is 29.7 Å². The number of hydrogen-bond donors (Lipinski definition) is 2. The molecule has 0 aromatic rings. The third-order valence-electron chi connectivity index (χ3n) is 4.28. The van der Waals surface area contributed by atoms with Crippen molar-refractivity contribution in [1.29, 1.82) is 0 Å². The summed E-state index contributed by atoms with van der Waals surface area (Å²) in [4.78, 5) is 55.9. The molecule has 0 aromatic carbocycles. The van der Waals surface area contributed by atoms with E-state index in [1.807, 2.05) is 11.9 Å². The smallest absolute Gasteiger partial charge is 0.414 e. The summed E-state index contributed by atoms with van der Waals surface area (Å²) < 4.78 is 9.36. The van der Waals surface area contributed by atoms with Crippen molar-refractivity contribution in [2.45, 2.75) is 24.9 Å². The molecule has 2 heterocycles. The van der Waals surface area contributed by atoms with Gasteiger partial charge in [0.15, 0.2) is 5.78 Å². The molecule has 10 nitrogen and oxygen atoms in total. The number of aliphatic carboxylic acids is 2. The molecular formula is C14H19NO9. The Morgan fingerprint density at radius 3 is 1.50 bits per heavy atom. The molecule has 0 unspecified atom stereocenters. The van der Waals surface area contributed by atoms with Gasteiger partial charge in [0.2, 0.25) is 0 Å². The van der Waals surface area contributed by atoms with Gasteiger partial charge in [-0.05, 0) is 19.9 Å². The van der Waals surface area contributed by atoms with Crippen LogP contribution in [-0.2, 0) is 33.4 Å². The van der Waals surface area contributed by atoms with Crippen molar-refractivity contribution in [3.63, 3.8) is 0 Å². The summed E-state index contributed by atoms with van der Waals surface area (Å²) in [6.45, 7) is 0. The number of carboxylic acid groups (broad SMARTS) is 2. The first-order valence-corrected chi connectivity index (χ1v) is 7.04. The molecule has 24 heavy (non-hydrogen) atoms. The fourth-order valence-corrected chi connectivity index (χ4v) is 3.17. The first-order chi connectivity index (χ1) is 11.2. The lowest BCUT2D eigenvalue weighted by molar-refractivity contribution is -0.163. The monoisotopic (exact) mass is 345 g/mol. The van der Waals surface area contributed by atoms with Crippen LogP contribution in [0, 0.1) is 11.8 Å². The Morgan fingerprint density at radius 1 is 0.917 bits per heavy atom. The molecule has 10 heteroatoms. The molecule has 134 valence electrons. The van der Waals surface area contributed by atoms with Gasteiger partial charge in [0.25, 0.3) is 0 Å². The van der Waals surface area contributed by atoms with Gasteiger partial charge >= 0.3 is 23.9 Å². The lowest BCUT2D eigenvalue weighted by Crippen LogP contribution is -2.57. The van der Waals surface area contributed by atoms with E-state index in [2.05, 4.69) is 9.47 Å². The quantitative estimate of drug-likeness (QED) is 0.354. The summed E-state index contributed by atoms with van der Waals surface area (Å²) in [5.41, 5.74) is 0. The normalized spacial score (nSPS) is 28.4. The highest BCUT2D eigenvalue weighted by molar-refractivity contribution is 6.27. The number of carboxylic acids is 2. The van der Waals surface area contributed by atoms with Gasteiger partial charge in [-0.1, -0.05) is 0 Å². The van der Waals surface area contributed by atoms with Gasteiger partial charge in [0, 0.05) is 12.1 Å². The van der Waals surface area contributed by atoms with E-state index in [9.17, 15) is 14.4 Å². The summed E-state index contributed by atoms with van der Waals surface area (Å²) >= 11 is 0. The van der Waals surface area contributed by atoms with Crippen molar-refractivity contribution in [2.24, 2.45) is 11.8 Å². The molecule has 0 amide bonds. The van der Waals surface area contributed by atoms with E-state index in [0.717, 1.165) is 12.8 Å². The van der Waals surface area contributed by atoms with Crippen molar-refractivity contribution in [3.8, 4) is 0 Å². The van der Waals surface area contributed by atoms with Crippen LogP contribution in [0.5, 0.6) is 0 Å². The van der Waals surface area contributed by atoms with Crippen molar-refractivity contribution in [3.05, 3.63) is 0 Å². The lowest BCUT2D eigenvalue weighted by Gasteiger charge is -2.38. The average Bonchev–Trinajstić information content (AvgIpc) is 2.81. The maximum atomic E-state index is 12.3. The second kappa shape index (κ2) is 7.86. The Morgan fingerprint density at radius 2 is 1.25 bits per heavy atom. The van der Waals surface area contributed by atoms with Crippen molar-refractivity contribution in [1.82, 2.24) is 4.90 Å². The van der Waals surface area contributed by atoms with Crippen molar-refractivity contribution in [2.75, 3.05) is 21.3 Å². The number of Topliss-reactive ketones (excluding diaryl/α,β-unsaturated/α-hetero) is 1. The fraction of sp³-hybridized carbons (Fsp3) is 0.643. The SMILES string of the molecule is COC(=O)[C@H]1C(=O)[C@@H](C(=O)OC)[C@@H]2CC[C@H]1N2C.O=C(O)C(=O)O. The number of ketones is 1. The predicted octanol–water partition coefficient (Wildman–Crippen LogP) is -1.23. The molecule has 2 bridgehead atoms. The van der Waals surface area contributed by atoms with E-state index in [1.165, 1.54) is 14.2 Å². The standard InChI is InChI=1S/C12H17NO5.C2H2O4/c1-13-6-4-5-7(13)9(12(16)18-3)10(14)8(6)11(15)17-2;3-1(4)2(5)6/h6-9H,4-5H2,1-3H3;(H,3,4)(H,5,6)/t6-,7+,8-,9+;. The topological polar surface area (TPSA) is 148 Å². The zero-order valence-corrected chi connectivity index (χ0v) is 13.4. The number of fused-ring (bicyclic) bond motifs is 2. The Bertz CT molecular complexity index is 512. The molecule has 4 atom stereocenters. The first kappa shape index (κ1) is 19.6. The third kappa shape index (κ3) is 3.70. The fourth-order valence-electron chi connectivity index (χ4n) is 3.17. The summed E-state index contributed by atoms with van der Waals surface area (Å²) in [5, 5.41) is 14.8. The van der Waals surface area contributed by atoms with E-state index in [1.54, 1.807) is 0 Å². The van der Waals surface area contributed by atoms with E-state index in [4.69, 9.17) is 19.8 Å². The lowest BCUT2D eigenvalue weighted by atomic mass is 9.81. The van der Waals surface area contributed by atoms with Crippen LogP contribution in [0.4, 0.5) is 0 Å². The van der Waals surface area contributed by atoms with Crippen LogP contribution >= 0.6 is 0 Å². The summed E-state index contributed by atoms with van der Waals surface area (Å²) in [7, 11) is 4.34. The van der Waals surface area contributed by atoms with Crippen LogP contribution in [0.15, 0.2) is 0 Å². The molecule has 2 fully saturated rings. The van der Waals surface area contributed by atoms with Gasteiger partial charge in [0.1, 0.15) is 11.8 Å². The van der Waals surface area contributed by atoms with Gasteiger partial charge in [-0.15, -0.1) is 0 Å². The first-order valence-electron chi connectivity index (χ1n) is 7.04. The number of esters is 2. The average molecular weight is 345 g/mol. The Labute approximate surface area is 137 Å². The summed E-state index contributed by atoms with van der Waals surface area (Å²) in [6, 6.07) is -0.313. The molecule has 0 saturated carbocycles. The molecule has 0 radical (unpaired) electrons. The maximum absolute atomic E-state index is 12.3. The Kier molecular flexibility index (Phi) is 6.41. The van der Waals surface area contributed by atoms with E-state index in [-0.39, 0.29) is 17.9 Å². The highest BCUT2D eigenvalue weighted by Gasteiger charge is 2.56. The number of nitrogens with zero attached hydrogens (tertiary/aromatic N) is 1. The number of carbonyl (C=O) groups is 5. The molecule has 2 aliphatic heterocycles. The van der Waals surface area contributed by atoms with Crippen LogP contribution in [0.2, 0.25) is 0 Å². The highest BCUT2D eigenvalue weighted by atomic mass is 16.5. The second-order valence-corrected chi connectivity index (χ2v) is 5.39. The van der Waals surface area contributed by atoms with Gasteiger partial charge < -0.3 is 19.7 Å². The van der Waals surface area contributed by atoms with Gasteiger partial charge in [-0.2, -0.15) is 0 Å². The Balaban J connectivity index is 0.000000413. The zero-order chi connectivity index (χ0) is 18.6. The Hall–Kier alpha value is -2.49. The molecule has 2 aliphatic rings. The van der Waals surface area contributed by atoms with Gasteiger partial charge in [-0.25, -0.2) is 9.59 Å². The predicted molar refractivity (Wildman–Crippen MR) is 75.9 cm³/mol. The molecule has 0 aromatic heterocycles. The van der Waals surface area contributed by atoms with Crippen LogP contribution in [-0.4, -0.2) is 78.1 Å². The molecule has 2 rings (SSSR count). The van der Waals surface area contributed by atoms with Gasteiger partial charge in [0.05, 0.1) is 14.2 Å². The number of carbonyl (C=O) groups excluding carboxylic acids is 3. The molecule has 2 N–H and O–H groups in total. The highest BCUT2D eigenvalue weighted by Crippen LogP contribution is 2.40. The minimum atomic E-state index is -1.82. The van der Waals surface area contributed by atoms with Crippen LogP contribution in [0.3, 0.4) is 0 Å². The largest absolute Gasteiger partial charge is 0.473 e. The number of rotatable bonds is 2. The van der Waals surface area contributed by atoms with Crippen LogP contribution in [0.1, 0.15) is 12.8 Å². The van der Waals surface area contributed by atoms with Gasteiger partial charge in [-0.3, -0.25) is 19.3 Å². The third-order valence-corrected chi connectivity index (χ3v) is 4.28. The van der Waals surface area contributed by atoms with Crippen LogP contribution < -0.4 is 0 Å². The molecular weight excluding hydrogens is 326 g/mol. The molecule has 2 saturated heterocycles. The minimum Gasteiger partial charge on any atom is -0.473 e. The number of piperidine rings is 1. The van der Waals surface area contributed by atoms with E-state index in [0.29, 0.717) is 0 Å². The summed E-state index contributed by atoms with van der Waals surface area (Å²) in [6.07, 6.45) is 1.44. The molecule has 0 spiro atoms. The van der Waals surface area contributed by atoms with E-state index >= 15 is 0 Å². The minimum absolute atomic E-state index is 0.157. The number of methoxy groups -OCH3 is 2. The zero-order valence-electron chi connectivity index (χ0n) is 13.4. The number of hydrogen-bond acceptors (Lipinski definition) is 8. The number of ether oxygens (including phenoxy) is 2. The maximum Gasteiger partial charge on any atom is 0.414 e. The second-order valence-electron chi connectivity index (χ2n) is 5.39.